The molecule has 0 aliphatic carbocycles. The fourth-order valence-electron chi connectivity index (χ4n) is 3.92. The Bertz CT molecular complexity index is 695. The van der Waals surface area contributed by atoms with Gasteiger partial charge in [-0.2, -0.15) is 0 Å². The summed E-state index contributed by atoms with van der Waals surface area (Å²) in [4.78, 5) is 29.2. The number of hydrogen-bond donors (Lipinski definition) is 2. The molecule has 7 heteroatoms. The third kappa shape index (κ3) is 6.18. The lowest BCUT2D eigenvalue weighted by Gasteiger charge is -2.40. The first-order valence-electron chi connectivity index (χ1n) is 10.7. The van der Waals surface area contributed by atoms with Gasteiger partial charge in [0.1, 0.15) is 0 Å². The molecule has 3 amide bonds. The molecule has 7 nitrogen and oxygen atoms in total. The van der Waals surface area contributed by atoms with Crippen LogP contribution < -0.4 is 10.6 Å². The number of ether oxygens (including phenoxy) is 1. The van der Waals surface area contributed by atoms with E-state index in [2.05, 4.69) is 29.4 Å². The Morgan fingerprint density at radius 2 is 1.76 bits per heavy atom. The molecule has 1 aromatic rings. The van der Waals surface area contributed by atoms with Crippen molar-refractivity contribution >= 4 is 11.9 Å². The number of amides is 3. The highest BCUT2D eigenvalue weighted by Crippen LogP contribution is 2.16. The molecule has 2 fully saturated rings. The van der Waals surface area contributed by atoms with E-state index in [1.165, 1.54) is 6.42 Å². The average molecular weight is 403 g/mol. The molecule has 2 aliphatic rings. The van der Waals surface area contributed by atoms with Crippen LogP contribution in [0.1, 0.15) is 49.0 Å². The lowest BCUT2D eigenvalue weighted by atomic mass is 10.0. The van der Waals surface area contributed by atoms with Crippen LogP contribution in [0.5, 0.6) is 0 Å². The topological polar surface area (TPSA) is 73.9 Å². The van der Waals surface area contributed by atoms with E-state index in [1.807, 2.05) is 29.2 Å². The van der Waals surface area contributed by atoms with E-state index < -0.39 is 0 Å². The summed E-state index contributed by atoms with van der Waals surface area (Å²) < 4.78 is 5.40. The lowest BCUT2D eigenvalue weighted by molar-refractivity contribution is -0.00874. The zero-order valence-electron chi connectivity index (χ0n) is 17.7. The van der Waals surface area contributed by atoms with Crippen molar-refractivity contribution in [3.8, 4) is 0 Å². The maximum atomic E-state index is 12.7. The quantitative estimate of drug-likeness (QED) is 0.765. The Labute approximate surface area is 173 Å². The van der Waals surface area contributed by atoms with Gasteiger partial charge in [-0.25, -0.2) is 4.79 Å². The van der Waals surface area contributed by atoms with Gasteiger partial charge in [-0.15, -0.1) is 0 Å². The van der Waals surface area contributed by atoms with E-state index in [0.29, 0.717) is 18.7 Å². The Kier molecular flexibility index (Phi) is 7.50. The summed E-state index contributed by atoms with van der Waals surface area (Å²) in [5.41, 5.74) is 1.50. The van der Waals surface area contributed by atoms with Gasteiger partial charge < -0.3 is 20.3 Å². The van der Waals surface area contributed by atoms with Crippen molar-refractivity contribution < 1.29 is 14.3 Å². The first-order chi connectivity index (χ1) is 14.0. The Balaban J connectivity index is 1.46. The molecule has 1 aromatic carbocycles. The largest absolute Gasteiger partial charge is 0.379 e. The van der Waals surface area contributed by atoms with Gasteiger partial charge in [-0.1, -0.05) is 12.1 Å². The number of carbonyl (C=O) groups excluding carboxylic acids is 2. The number of nitrogens with one attached hydrogen (secondary N) is 2. The zero-order chi connectivity index (χ0) is 20.7. The van der Waals surface area contributed by atoms with Gasteiger partial charge >= 0.3 is 6.03 Å². The summed E-state index contributed by atoms with van der Waals surface area (Å²) in [6.45, 7) is 10.1. The van der Waals surface area contributed by atoms with E-state index in [-0.39, 0.29) is 17.5 Å². The molecule has 0 spiro atoms. The van der Waals surface area contributed by atoms with Gasteiger partial charge in [0.15, 0.2) is 0 Å². The van der Waals surface area contributed by atoms with Gasteiger partial charge in [0.05, 0.1) is 13.2 Å². The Hall–Kier alpha value is -2.12. The highest BCUT2D eigenvalue weighted by molar-refractivity contribution is 5.94. The average Bonchev–Trinajstić information content (AvgIpc) is 2.77. The van der Waals surface area contributed by atoms with Crippen molar-refractivity contribution in [3.05, 3.63) is 35.4 Å². The van der Waals surface area contributed by atoms with Crippen LogP contribution in [-0.4, -0.2) is 73.2 Å². The number of urea groups is 1. The van der Waals surface area contributed by atoms with Crippen molar-refractivity contribution in [2.24, 2.45) is 0 Å². The molecule has 2 saturated heterocycles. The molecule has 0 saturated carbocycles. The van der Waals surface area contributed by atoms with Gasteiger partial charge in [0.2, 0.25) is 0 Å². The number of likely N-dealkylation sites (tertiary alicyclic amines) is 1. The first kappa shape index (κ1) is 21.6. The van der Waals surface area contributed by atoms with Crippen LogP contribution in [-0.2, 0) is 11.3 Å². The SMILES string of the molecule is CC(C)(CNC(=O)NCc1cccc(C(=O)N2CCCCC2)c1)N1CCOCC1. The molecule has 0 unspecified atom stereocenters. The molecule has 2 aliphatic heterocycles. The summed E-state index contributed by atoms with van der Waals surface area (Å²) >= 11 is 0. The molecule has 0 radical (unpaired) electrons. The molecule has 160 valence electrons. The molecular weight excluding hydrogens is 368 g/mol. The number of benzene rings is 1. The second-order valence-electron chi connectivity index (χ2n) is 8.50. The molecule has 2 heterocycles. The summed E-state index contributed by atoms with van der Waals surface area (Å²) in [5, 5.41) is 5.87. The van der Waals surface area contributed by atoms with Gasteiger partial charge in [-0.05, 0) is 50.8 Å². The van der Waals surface area contributed by atoms with Crippen LogP contribution in [0.3, 0.4) is 0 Å². The molecule has 3 rings (SSSR count). The van der Waals surface area contributed by atoms with Crippen LogP contribution in [0.25, 0.3) is 0 Å². The third-order valence-electron chi connectivity index (χ3n) is 5.82. The lowest BCUT2D eigenvalue weighted by Crippen LogP contribution is -2.56. The summed E-state index contributed by atoms with van der Waals surface area (Å²) in [6, 6.07) is 7.36. The van der Waals surface area contributed by atoms with Crippen molar-refractivity contribution in [1.82, 2.24) is 20.4 Å². The smallest absolute Gasteiger partial charge is 0.315 e. The minimum absolute atomic E-state index is 0.0864. The molecule has 0 atom stereocenters. The predicted molar refractivity (Wildman–Crippen MR) is 113 cm³/mol. The minimum Gasteiger partial charge on any atom is -0.379 e. The molecule has 0 aromatic heterocycles. The van der Waals surface area contributed by atoms with Crippen molar-refractivity contribution in [1.29, 1.82) is 0 Å². The van der Waals surface area contributed by atoms with Crippen molar-refractivity contribution in [2.75, 3.05) is 45.9 Å². The molecular formula is C22H34N4O3. The van der Waals surface area contributed by atoms with E-state index in [9.17, 15) is 9.59 Å². The number of nitrogens with zero attached hydrogens (tertiary/aromatic N) is 2. The predicted octanol–water partition coefficient (Wildman–Crippen LogP) is 2.22. The molecule has 0 bridgehead atoms. The maximum Gasteiger partial charge on any atom is 0.315 e. The minimum atomic E-state index is -0.195. The molecule has 2 N–H and O–H groups in total. The number of carbonyl (C=O) groups is 2. The highest BCUT2D eigenvalue weighted by atomic mass is 16.5. The second-order valence-corrected chi connectivity index (χ2v) is 8.50. The Morgan fingerprint density at radius 3 is 2.48 bits per heavy atom. The fourth-order valence-corrected chi connectivity index (χ4v) is 3.92. The maximum absolute atomic E-state index is 12.7. The number of hydrogen-bond acceptors (Lipinski definition) is 4. The Morgan fingerprint density at radius 1 is 1.03 bits per heavy atom. The van der Waals surface area contributed by atoms with E-state index in [0.717, 1.165) is 57.8 Å². The van der Waals surface area contributed by atoms with Gasteiger partial charge in [0, 0.05) is 50.4 Å². The van der Waals surface area contributed by atoms with Crippen LogP contribution in [0.4, 0.5) is 4.79 Å². The van der Waals surface area contributed by atoms with E-state index >= 15 is 0 Å². The van der Waals surface area contributed by atoms with Gasteiger partial charge in [0.25, 0.3) is 5.91 Å². The van der Waals surface area contributed by atoms with Crippen molar-refractivity contribution in [2.45, 2.75) is 45.2 Å². The fraction of sp³-hybridized carbons (Fsp3) is 0.636. The van der Waals surface area contributed by atoms with Crippen LogP contribution >= 0.6 is 0 Å². The summed E-state index contributed by atoms with van der Waals surface area (Å²) in [6.07, 6.45) is 3.35. The summed E-state index contributed by atoms with van der Waals surface area (Å²) in [7, 11) is 0. The third-order valence-corrected chi connectivity index (χ3v) is 5.82. The number of morpholine rings is 1. The standard InChI is InChI=1S/C22H34N4O3/c1-22(2,26-11-13-29-14-12-26)17-24-21(28)23-16-18-7-6-8-19(15-18)20(27)25-9-4-3-5-10-25/h6-8,15H,3-5,9-14,16-17H2,1-2H3,(H2,23,24,28). The van der Waals surface area contributed by atoms with E-state index in [4.69, 9.17) is 4.74 Å². The number of rotatable bonds is 6. The van der Waals surface area contributed by atoms with E-state index in [1.54, 1.807) is 0 Å². The normalized spacial score (nSPS) is 18.3. The first-order valence-corrected chi connectivity index (χ1v) is 10.7. The summed E-state index contributed by atoms with van der Waals surface area (Å²) in [5.74, 6) is 0.0864. The van der Waals surface area contributed by atoms with Crippen molar-refractivity contribution in [3.63, 3.8) is 0 Å². The highest BCUT2D eigenvalue weighted by Gasteiger charge is 2.28. The van der Waals surface area contributed by atoms with Crippen LogP contribution in [0.15, 0.2) is 24.3 Å². The zero-order valence-corrected chi connectivity index (χ0v) is 17.7. The molecule has 29 heavy (non-hydrogen) atoms. The number of piperidine rings is 1. The second kappa shape index (κ2) is 10.1. The monoisotopic (exact) mass is 402 g/mol. The van der Waals surface area contributed by atoms with Crippen LogP contribution in [0, 0.1) is 0 Å². The van der Waals surface area contributed by atoms with Crippen LogP contribution in [0.2, 0.25) is 0 Å². The van der Waals surface area contributed by atoms with Gasteiger partial charge in [-0.3, -0.25) is 9.69 Å².